The van der Waals surface area contributed by atoms with E-state index in [0.29, 0.717) is 59.2 Å². The van der Waals surface area contributed by atoms with Crippen LogP contribution in [-0.2, 0) is 61.7 Å². The van der Waals surface area contributed by atoms with Crippen molar-refractivity contribution in [2.24, 2.45) is 5.92 Å². The largest absolute Gasteiger partial charge is 0.497 e. The molecule has 1 unspecified atom stereocenters. The van der Waals surface area contributed by atoms with E-state index in [-0.39, 0.29) is 85.8 Å². The Morgan fingerprint density at radius 1 is 0.711 bits per heavy atom. The fourth-order valence-electron chi connectivity index (χ4n) is 11.0. The Morgan fingerprint density at radius 2 is 1.41 bits per heavy atom. The summed E-state index contributed by atoms with van der Waals surface area (Å²) >= 11 is 0. The molecule has 2 heterocycles. The standard InChI is InChI=1S/C62H75N4O23P/c1-66(2,3)28-31-86-90(79,80)85-30-11-12-36-15-18-39(19-16-36)56(72)63-27-25-47(67)65-43-32-37(17-24-44(43)87-59-53(70)51(68)52(69)54(88-59)58(75)76)35-84-60(77)64-26-9-10-29-83-42-33-45(82-5)50-46(34-42)89-62(40-20-22-41(81-4)23-21-40)49(38-13-7-6-8-14-38)48(57(73)74)55(71)61(50,62)78/h6-8,13-24,32-34,48-49,51-55,59,68-71,78H,9-12,25-31,35H2,1-5H3,(H5-,63,64,65,67,72,73,74,75,76,77,79,80)/p+1/t48-,49-,51+,52+,53-,54+,55-,59-,61+,62+/m1/s1. The number of likely N-dealkylation sites (N-methyl/N-ethyl adjacent to an activating group) is 1. The van der Waals surface area contributed by atoms with Gasteiger partial charge in [-0.25, -0.2) is 14.2 Å². The van der Waals surface area contributed by atoms with Gasteiger partial charge in [-0.2, -0.15) is 0 Å². The van der Waals surface area contributed by atoms with Gasteiger partial charge < -0.3 is 94.2 Å². The van der Waals surface area contributed by atoms with E-state index >= 15 is 0 Å². The van der Waals surface area contributed by atoms with Crippen LogP contribution in [-0.4, -0.2) is 187 Å². The van der Waals surface area contributed by atoms with Crippen molar-refractivity contribution in [2.75, 3.05) is 80.1 Å². The molecule has 0 radical (unpaired) electrons. The average Bonchev–Trinajstić information content (AvgIpc) is 2.12. The van der Waals surface area contributed by atoms with Crippen LogP contribution in [0.2, 0.25) is 0 Å². The maximum atomic E-state index is 13.4. The van der Waals surface area contributed by atoms with Crippen LogP contribution in [0.5, 0.6) is 28.7 Å². The third kappa shape index (κ3) is 15.6. The second-order valence-electron chi connectivity index (χ2n) is 22.8. The second kappa shape index (κ2) is 29.4. The predicted molar refractivity (Wildman–Crippen MR) is 318 cm³/mol. The minimum atomic E-state index is -4.21. The minimum absolute atomic E-state index is 0.0341. The van der Waals surface area contributed by atoms with Crippen molar-refractivity contribution in [3.05, 3.63) is 143 Å². The quantitative estimate of drug-likeness (QED) is 0.0176. The molecule has 8 rings (SSSR count). The van der Waals surface area contributed by atoms with Crippen LogP contribution in [0, 0.1) is 5.92 Å². The van der Waals surface area contributed by atoms with Crippen molar-refractivity contribution in [1.82, 2.24) is 10.6 Å². The molecule has 3 aliphatic rings. The van der Waals surface area contributed by atoms with Gasteiger partial charge >= 0.3 is 25.9 Å². The Morgan fingerprint density at radius 3 is 2.08 bits per heavy atom. The summed E-state index contributed by atoms with van der Waals surface area (Å²) in [5, 5.41) is 84.6. The zero-order valence-corrected chi connectivity index (χ0v) is 51.0. The number of carboxylic acid groups (broad SMARTS) is 2. The SMILES string of the molecule is COc1ccc([C@@]23Oc4cc(OCCCCNC(=O)OCc5ccc(O[C@@H]6O[C@H](C(=O)O)[C@@H](O)[C@H](O)[C@H]6O)c(NC(=O)CCNC(=O)c6ccc(CCCOP(=O)(O)OCC[N+](C)(C)C)cc6)c5)cc(OC)c4[C@]2(O)[C@H](O)[C@H](C(=O)O)[C@H]3c2ccccc2)cc1. The fourth-order valence-corrected chi connectivity index (χ4v) is 11.8. The van der Waals surface area contributed by atoms with Crippen LogP contribution in [0.25, 0.3) is 0 Å². The molecule has 0 aromatic heterocycles. The number of methoxy groups -OCH3 is 2. The highest BCUT2D eigenvalue weighted by Gasteiger charge is 2.78. The fraction of sp³-hybridized carbons (Fsp3) is 0.435. The third-order valence-corrected chi connectivity index (χ3v) is 16.6. The number of phosphoric ester groups is 1. The Balaban J connectivity index is 0.846. The number of ether oxygens (including phenoxy) is 7. The van der Waals surface area contributed by atoms with Crippen LogP contribution in [0.4, 0.5) is 10.5 Å². The lowest BCUT2D eigenvalue weighted by molar-refractivity contribution is -0.870. The van der Waals surface area contributed by atoms with Gasteiger partial charge in [-0.1, -0.05) is 60.7 Å². The van der Waals surface area contributed by atoms with E-state index in [9.17, 15) is 69.2 Å². The number of aryl methyl sites for hydroxylation is 1. The molecule has 1 saturated heterocycles. The number of aliphatic hydroxyl groups excluding tert-OH is 4. The third-order valence-electron chi connectivity index (χ3n) is 15.6. The smallest absolute Gasteiger partial charge is 0.472 e. The molecule has 28 heteroatoms. The number of aliphatic carboxylic acids is 2. The number of carbonyl (C=O) groups excluding carboxylic acids is 3. The summed E-state index contributed by atoms with van der Waals surface area (Å²) in [7, 11) is 4.41. The summed E-state index contributed by atoms with van der Waals surface area (Å²) in [5.41, 5.74) is -1.98. The van der Waals surface area contributed by atoms with E-state index in [1.165, 1.54) is 44.6 Å². The summed E-state index contributed by atoms with van der Waals surface area (Å²) in [6.07, 6.45) is -11.1. The van der Waals surface area contributed by atoms with E-state index in [0.717, 1.165) is 5.56 Å². The first kappa shape index (κ1) is 68.0. The summed E-state index contributed by atoms with van der Waals surface area (Å²) in [6.45, 7) is 0.302. The van der Waals surface area contributed by atoms with Crippen molar-refractivity contribution in [1.29, 1.82) is 0 Å². The molecule has 11 atom stereocenters. The van der Waals surface area contributed by atoms with E-state index in [1.54, 1.807) is 78.9 Å². The molecular weight excluding hydrogens is 1200 g/mol. The molecule has 486 valence electrons. The van der Waals surface area contributed by atoms with Crippen LogP contribution in [0.3, 0.4) is 0 Å². The second-order valence-corrected chi connectivity index (χ2v) is 24.2. The first-order valence-corrected chi connectivity index (χ1v) is 30.4. The molecule has 1 aliphatic carbocycles. The van der Waals surface area contributed by atoms with Crippen molar-refractivity contribution in [2.45, 2.75) is 92.6 Å². The number of carboxylic acids is 2. The lowest BCUT2D eigenvalue weighted by Crippen LogP contribution is -2.61. The summed E-state index contributed by atoms with van der Waals surface area (Å²) in [4.78, 5) is 74.2. The normalized spacial score (nSPS) is 24.0. The van der Waals surface area contributed by atoms with E-state index in [1.807, 2.05) is 21.1 Å². The van der Waals surface area contributed by atoms with Crippen molar-refractivity contribution in [3.8, 4) is 28.7 Å². The molecule has 3 amide bonds. The van der Waals surface area contributed by atoms with Crippen LogP contribution < -0.4 is 39.6 Å². The van der Waals surface area contributed by atoms with Crippen molar-refractivity contribution < 1.29 is 116 Å². The van der Waals surface area contributed by atoms with Gasteiger partial charge in [-0.15, -0.1) is 0 Å². The lowest BCUT2D eigenvalue weighted by Gasteiger charge is -2.40. The molecule has 90 heavy (non-hydrogen) atoms. The van der Waals surface area contributed by atoms with Crippen LogP contribution in [0.15, 0.2) is 109 Å². The number of hydrogen-bond donors (Lipinski definition) is 11. The minimum Gasteiger partial charge on any atom is -0.497 e. The molecule has 11 N–H and O–H groups in total. The van der Waals surface area contributed by atoms with Gasteiger partial charge in [0.1, 0.15) is 72.9 Å². The number of hydrogen-bond acceptors (Lipinski definition) is 20. The molecule has 5 aromatic carbocycles. The Labute approximate surface area is 518 Å². The van der Waals surface area contributed by atoms with Crippen LogP contribution >= 0.6 is 7.82 Å². The zero-order valence-electron chi connectivity index (χ0n) is 50.1. The molecule has 27 nitrogen and oxygen atoms in total. The van der Waals surface area contributed by atoms with E-state index < -0.39 is 97.5 Å². The maximum absolute atomic E-state index is 13.4. The highest BCUT2D eigenvalue weighted by atomic mass is 31.2. The molecule has 0 spiro atoms. The molecule has 5 aromatic rings. The number of unbranched alkanes of at least 4 members (excludes halogenated alkanes) is 1. The molecule has 2 aliphatic heterocycles. The first-order valence-electron chi connectivity index (χ1n) is 28.9. The van der Waals surface area contributed by atoms with Gasteiger partial charge in [0.15, 0.2) is 17.3 Å². The highest BCUT2D eigenvalue weighted by molar-refractivity contribution is 7.47. The van der Waals surface area contributed by atoms with Crippen molar-refractivity contribution >= 4 is 43.4 Å². The number of anilines is 1. The topological polar surface area (TPSA) is 383 Å². The molecule has 2 fully saturated rings. The number of fused-ring (bicyclic) bond motifs is 3. The highest BCUT2D eigenvalue weighted by Crippen LogP contribution is 2.70. The number of alkyl carbamates (subject to hydrolysis) is 1. The monoisotopic (exact) mass is 1280 g/mol. The number of nitrogens with zero attached hydrogens (tertiary/aromatic N) is 1. The number of benzene rings is 5. The van der Waals surface area contributed by atoms with Gasteiger partial charge in [-0.3, -0.25) is 23.4 Å². The van der Waals surface area contributed by atoms with Gasteiger partial charge in [0.25, 0.3) is 5.91 Å². The number of nitrogens with one attached hydrogen (secondary N) is 3. The van der Waals surface area contributed by atoms with Crippen molar-refractivity contribution in [3.63, 3.8) is 0 Å². The predicted octanol–water partition coefficient (Wildman–Crippen LogP) is 3.93. The Hall–Kier alpha value is -7.92. The Bertz CT molecular complexity index is 3370. The molecule has 1 saturated carbocycles. The van der Waals surface area contributed by atoms with E-state index in [4.69, 9.17) is 42.2 Å². The van der Waals surface area contributed by atoms with Crippen LogP contribution in [0.1, 0.15) is 69.8 Å². The van der Waals surface area contributed by atoms with Gasteiger partial charge in [0.05, 0.1) is 65.7 Å². The van der Waals surface area contributed by atoms with Gasteiger partial charge in [-0.05, 0) is 84.3 Å². The number of quaternary nitrogens is 1. The number of rotatable bonds is 30. The number of aliphatic hydroxyl groups is 5. The van der Waals surface area contributed by atoms with E-state index in [2.05, 4.69) is 16.0 Å². The number of amides is 3. The number of carbonyl (C=O) groups is 5. The number of phosphoric acid groups is 1. The van der Waals surface area contributed by atoms with Gasteiger partial charge in [0.2, 0.25) is 12.2 Å². The maximum Gasteiger partial charge on any atom is 0.472 e. The van der Waals surface area contributed by atoms with Gasteiger partial charge in [0, 0.05) is 43.1 Å². The lowest BCUT2D eigenvalue weighted by atomic mass is 9.70. The summed E-state index contributed by atoms with van der Waals surface area (Å²) in [5.74, 6) is -6.05. The Kier molecular flexibility index (Phi) is 22.2. The summed E-state index contributed by atoms with van der Waals surface area (Å²) in [6, 6.07) is 29.0. The molecule has 0 bridgehead atoms. The zero-order chi connectivity index (χ0) is 65.1. The summed E-state index contributed by atoms with van der Waals surface area (Å²) < 4.78 is 63.5. The molecular formula is C62H76N4O23P+. The average molecular weight is 1280 g/mol. The first-order chi connectivity index (χ1) is 42.8.